The second kappa shape index (κ2) is 16.0. The van der Waals surface area contributed by atoms with Crippen molar-refractivity contribution in [3.05, 3.63) is 18.1 Å². The van der Waals surface area contributed by atoms with Gasteiger partial charge in [-0.25, -0.2) is 8.42 Å². The normalized spacial score (nSPS) is 10.7. The molecule has 0 atom stereocenters. The van der Waals surface area contributed by atoms with Crippen LogP contribution in [0.15, 0.2) is 9.79 Å². The van der Waals surface area contributed by atoms with Crippen molar-refractivity contribution in [3.63, 3.8) is 0 Å². The van der Waals surface area contributed by atoms with Crippen LogP contribution >= 0.6 is 23.5 Å². The summed E-state index contributed by atoms with van der Waals surface area (Å²) in [4.78, 5) is 22.4. The number of ketones is 2. The Hall–Kier alpha value is 0.180. The average molecular weight is 572 g/mol. The average Bonchev–Trinajstić information content (AvgIpc) is 2.56. The van der Waals surface area contributed by atoms with Crippen LogP contribution in [0.1, 0.15) is 27.6 Å². The van der Waals surface area contributed by atoms with Gasteiger partial charge in [0.1, 0.15) is 11.5 Å². The molecule has 1 rings (SSSR count). The Balaban J connectivity index is -0.00000138. The zero-order valence-electron chi connectivity index (χ0n) is 17.3. The molecular formula is C14H13F3Na2O10S4. The Bertz CT molecular complexity index is 1070. The van der Waals surface area contributed by atoms with E-state index in [-0.39, 0.29) is 81.5 Å². The summed E-state index contributed by atoms with van der Waals surface area (Å²) in [6.45, 7) is 4.37. The minimum absolute atomic E-state index is 0. The second-order valence-corrected chi connectivity index (χ2v) is 9.29. The van der Waals surface area contributed by atoms with E-state index >= 15 is 0 Å². The van der Waals surface area contributed by atoms with Gasteiger partial charge in [0.05, 0.1) is 31.0 Å². The largest absolute Gasteiger partial charge is 1.00 e. The number of carbonyl (C=O) groups is 2. The van der Waals surface area contributed by atoms with Crippen LogP contribution in [0.4, 0.5) is 13.2 Å². The number of phenolic OH excluding ortho intramolecular Hbond substituents is 2. The first kappa shape index (κ1) is 37.7. The molecule has 0 amide bonds. The number of hydrogen-bond donors (Lipinski definition) is 2. The third-order valence-electron chi connectivity index (χ3n) is 3.02. The predicted octanol–water partition coefficient (Wildman–Crippen LogP) is -4.39. The molecule has 0 radical (unpaired) electrons. The maximum atomic E-state index is 12.9. The van der Waals surface area contributed by atoms with Crippen molar-refractivity contribution in [2.45, 2.75) is 22.9 Å². The maximum absolute atomic E-state index is 12.9. The molecule has 2 N–H and O–H groups in total. The minimum Gasteiger partial charge on any atom is -0.748 e. The van der Waals surface area contributed by atoms with Crippen LogP contribution in [0.3, 0.4) is 0 Å². The van der Waals surface area contributed by atoms with Gasteiger partial charge in [-0.1, -0.05) is 0 Å². The second-order valence-electron chi connectivity index (χ2n) is 5.15. The third-order valence-corrected chi connectivity index (χ3v) is 5.97. The Morgan fingerprint density at radius 1 is 1.03 bits per heavy atom. The molecule has 1 aromatic carbocycles. The van der Waals surface area contributed by atoms with Gasteiger partial charge < -0.3 is 21.7 Å². The molecule has 0 saturated heterocycles. The summed E-state index contributed by atoms with van der Waals surface area (Å²) in [6, 6.07) is 0. The van der Waals surface area contributed by atoms with Gasteiger partial charge in [-0.3, -0.25) is 9.59 Å². The Labute approximate surface area is 240 Å². The molecule has 10 nitrogen and oxygen atoms in total. The van der Waals surface area contributed by atoms with E-state index in [0.29, 0.717) is 0 Å². The molecule has 176 valence electrons. The first-order valence-corrected chi connectivity index (χ1v) is 12.0. The van der Waals surface area contributed by atoms with E-state index in [1.807, 2.05) is 0 Å². The zero-order chi connectivity index (χ0) is 24.7. The summed E-state index contributed by atoms with van der Waals surface area (Å²) in [5, 5.41) is 20.5. The van der Waals surface area contributed by atoms with E-state index in [4.69, 9.17) is 12.6 Å². The number of carbonyl (C=O) groups excluding carboxylic acids is 2. The van der Waals surface area contributed by atoms with E-state index in [1.165, 1.54) is 0 Å². The predicted molar refractivity (Wildman–Crippen MR) is 101 cm³/mol. The van der Waals surface area contributed by atoms with Gasteiger partial charge in [0.15, 0.2) is 5.78 Å². The van der Waals surface area contributed by atoms with Crippen LogP contribution in [0.5, 0.6) is 11.5 Å². The fraction of sp³-hybridized carbons (Fsp3) is 0.357. The molecule has 19 heteroatoms. The van der Waals surface area contributed by atoms with Crippen molar-refractivity contribution in [3.8, 4) is 11.5 Å². The van der Waals surface area contributed by atoms with Crippen molar-refractivity contribution in [1.82, 2.24) is 0 Å². The molecule has 1 aromatic rings. The smallest absolute Gasteiger partial charge is 0.748 e. The third kappa shape index (κ3) is 12.6. The molecule has 0 aliphatic rings. The van der Waals surface area contributed by atoms with Gasteiger partial charge in [-0.05, 0) is 6.92 Å². The number of phenols is 2. The summed E-state index contributed by atoms with van der Waals surface area (Å²) >= 11 is 0.989. The van der Waals surface area contributed by atoms with Gasteiger partial charge in [0.2, 0.25) is 0 Å². The summed E-state index contributed by atoms with van der Waals surface area (Å²) in [6.07, 6.45) is -5.45. The first-order chi connectivity index (χ1) is 14.0. The molecule has 0 bridgehead atoms. The maximum Gasteiger partial charge on any atom is 1.00 e. The summed E-state index contributed by atoms with van der Waals surface area (Å²) in [5.41, 5.74) is -2.07. The Kier molecular flexibility index (Phi) is 18.3. The zero-order valence-corrected chi connectivity index (χ0v) is 24.5. The van der Waals surface area contributed by atoms with E-state index in [9.17, 15) is 45.9 Å². The van der Waals surface area contributed by atoms with E-state index in [1.54, 1.807) is 0 Å². The van der Waals surface area contributed by atoms with E-state index < -0.39 is 77.5 Å². The molecule has 33 heavy (non-hydrogen) atoms. The van der Waals surface area contributed by atoms with E-state index in [2.05, 4.69) is 6.92 Å². The number of Topliss-reactive ketones (excluding diaryl/α,β-unsaturated/α-hetero) is 2. The van der Waals surface area contributed by atoms with Crippen molar-refractivity contribution in [1.29, 1.82) is 0 Å². The summed E-state index contributed by atoms with van der Waals surface area (Å²) in [7, 11) is -7.82. The summed E-state index contributed by atoms with van der Waals surface area (Å²) < 4.78 is 96.1. The van der Waals surface area contributed by atoms with Gasteiger partial charge in [-0.15, -0.1) is 30.1 Å². The van der Waals surface area contributed by atoms with Gasteiger partial charge in [0.25, 0.3) is 5.78 Å². The van der Waals surface area contributed by atoms with Crippen LogP contribution in [0.2, 0.25) is 0 Å². The quantitative estimate of drug-likeness (QED) is 0.0763. The van der Waals surface area contributed by atoms with Crippen LogP contribution in [-0.4, -0.2) is 70.8 Å². The topological polar surface area (TPSA) is 183 Å². The SMILES string of the molecule is O=S(=O)=O.[CH2-]CSc1c(O)c(SCCS(=O)(=O)[O-])c(C(=O)C(F)(F)F)c(O)c1C(C)=O.[Na+].[Na+]. The monoisotopic (exact) mass is 572 g/mol. The van der Waals surface area contributed by atoms with Crippen LogP contribution in [0.25, 0.3) is 0 Å². The molecular weight excluding hydrogens is 559 g/mol. The minimum atomic E-state index is -5.45. The molecule has 0 aliphatic carbocycles. The summed E-state index contributed by atoms with van der Waals surface area (Å²) in [5.74, 6) is -7.21. The number of alkyl halides is 3. The fourth-order valence-electron chi connectivity index (χ4n) is 1.99. The number of halogens is 3. The van der Waals surface area contributed by atoms with Crippen LogP contribution < -0.4 is 59.1 Å². The molecule has 0 aromatic heterocycles. The number of aromatic hydroxyl groups is 2. The molecule has 0 unspecified atom stereocenters. The Morgan fingerprint density at radius 3 is 1.79 bits per heavy atom. The number of rotatable bonds is 8. The van der Waals surface area contributed by atoms with Crippen molar-refractivity contribution < 1.29 is 118 Å². The van der Waals surface area contributed by atoms with Gasteiger partial charge in [0, 0.05) is 11.5 Å². The van der Waals surface area contributed by atoms with E-state index in [0.717, 1.165) is 18.7 Å². The molecule has 0 aliphatic heterocycles. The molecule has 0 spiro atoms. The van der Waals surface area contributed by atoms with Crippen molar-refractivity contribution in [2.75, 3.05) is 17.3 Å². The van der Waals surface area contributed by atoms with Gasteiger partial charge in [-0.2, -0.15) is 24.9 Å². The fourth-order valence-corrected chi connectivity index (χ4v) is 4.81. The van der Waals surface area contributed by atoms with Gasteiger partial charge >= 0.3 is 75.9 Å². The van der Waals surface area contributed by atoms with Crippen LogP contribution in [0, 0.1) is 6.92 Å². The molecule has 0 saturated carbocycles. The molecule has 0 fully saturated rings. The number of thioether (sulfide) groups is 2. The van der Waals surface area contributed by atoms with Crippen molar-refractivity contribution in [2.24, 2.45) is 0 Å². The number of hydrogen-bond acceptors (Lipinski definition) is 12. The van der Waals surface area contributed by atoms with Crippen molar-refractivity contribution >= 4 is 55.8 Å². The Morgan fingerprint density at radius 2 is 1.45 bits per heavy atom. The standard InChI is InChI=1S/C14H14F3O7S3.2Na.O3S/c1-3-25-11-7(6(2)18)9(19)8(13(21)14(15,16)17)12(10(11)20)26-4-5-27(22,23)24;;;1-4(2)3/h19-20H,1,3-5H2,2H3,(H,22,23,24);;;/q-1;2*+1;/p-1. The number of benzene rings is 1. The first-order valence-electron chi connectivity index (χ1n) is 7.45. The molecule has 0 heterocycles. The van der Waals surface area contributed by atoms with Crippen LogP contribution in [-0.2, 0) is 20.7 Å².